The zero-order valence-electron chi connectivity index (χ0n) is 16.0. The van der Waals surface area contributed by atoms with Gasteiger partial charge in [-0.05, 0) is 69.6 Å². The Kier molecular flexibility index (Phi) is 6.19. The maximum atomic E-state index is 7.15. The van der Waals surface area contributed by atoms with Crippen molar-refractivity contribution in [3.05, 3.63) is 0 Å². The molecule has 3 fully saturated rings. The first-order chi connectivity index (χ1) is 11.5. The van der Waals surface area contributed by atoms with Gasteiger partial charge in [0, 0.05) is 10.8 Å². The van der Waals surface area contributed by atoms with E-state index < -0.39 is 4.33 Å². The number of hydrogen-bond donors (Lipinski definition) is 0. The Balaban J connectivity index is 1.54. The van der Waals surface area contributed by atoms with Gasteiger partial charge in [-0.25, -0.2) is 0 Å². The highest BCUT2D eigenvalue weighted by Gasteiger charge is 2.72. The summed E-state index contributed by atoms with van der Waals surface area (Å²) in [6, 6.07) is 0. The van der Waals surface area contributed by atoms with Crippen molar-refractivity contribution in [2.45, 2.75) is 114 Å². The fourth-order valence-electron chi connectivity index (χ4n) is 6.33. The SMILES string of the molecule is CCCCC1CCC2(CC1)CC1(CCC(CCCC)CC1)C2(Cl)Cl. The van der Waals surface area contributed by atoms with Crippen LogP contribution in [0.5, 0.6) is 0 Å². The molecule has 0 amide bonds. The molecular formula is C22H38Cl2. The van der Waals surface area contributed by atoms with E-state index in [1.165, 1.54) is 96.3 Å². The van der Waals surface area contributed by atoms with Crippen LogP contribution in [0, 0.1) is 22.7 Å². The molecule has 3 saturated carbocycles. The molecule has 0 heterocycles. The van der Waals surface area contributed by atoms with E-state index in [0.29, 0.717) is 0 Å². The highest BCUT2D eigenvalue weighted by atomic mass is 35.5. The normalized spacial score (nSPS) is 41.5. The maximum absolute atomic E-state index is 7.15. The van der Waals surface area contributed by atoms with Crippen LogP contribution in [-0.2, 0) is 0 Å². The largest absolute Gasteiger partial charge is 0.129 e. The second-order valence-corrected chi connectivity index (χ2v) is 10.8. The van der Waals surface area contributed by atoms with Gasteiger partial charge in [-0.1, -0.05) is 52.4 Å². The van der Waals surface area contributed by atoms with E-state index in [2.05, 4.69) is 13.8 Å². The first kappa shape index (κ1) is 19.3. The molecule has 0 aliphatic heterocycles. The van der Waals surface area contributed by atoms with Gasteiger partial charge >= 0.3 is 0 Å². The first-order valence-electron chi connectivity index (χ1n) is 10.9. The number of hydrogen-bond acceptors (Lipinski definition) is 0. The van der Waals surface area contributed by atoms with Gasteiger partial charge in [-0.2, -0.15) is 0 Å². The molecule has 0 aromatic heterocycles. The van der Waals surface area contributed by atoms with Gasteiger partial charge in [0.05, 0.1) is 0 Å². The van der Waals surface area contributed by atoms with Crippen LogP contribution in [-0.4, -0.2) is 4.33 Å². The maximum Gasteiger partial charge on any atom is 0.129 e. The van der Waals surface area contributed by atoms with Gasteiger partial charge in [-0.15, -0.1) is 23.2 Å². The summed E-state index contributed by atoms with van der Waals surface area (Å²) in [7, 11) is 0. The molecule has 3 aliphatic rings. The predicted octanol–water partition coefficient (Wildman–Crippen LogP) is 8.30. The zero-order chi connectivity index (χ0) is 17.3. The monoisotopic (exact) mass is 372 g/mol. The summed E-state index contributed by atoms with van der Waals surface area (Å²) < 4.78 is -0.439. The van der Waals surface area contributed by atoms with E-state index in [0.717, 1.165) is 11.8 Å². The molecule has 0 saturated heterocycles. The molecule has 2 heteroatoms. The zero-order valence-corrected chi connectivity index (χ0v) is 17.5. The molecule has 0 radical (unpaired) electrons. The lowest BCUT2D eigenvalue weighted by Crippen LogP contribution is -2.66. The van der Waals surface area contributed by atoms with Crippen LogP contribution < -0.4 is 0 Å². The number of rotatable bonds is 6. The summed E-state index contributed by atoms with van der Waals surface area (Å²) in [5, 5.41) is 0. The van der Waals surface area contributed by atoms with E-state index in [1.54, 1.807) is 0 Å². The molecule has 0 bridgehead atoms. The van der Waals surface area contributed by atoms with Crippen molar-refractivity contribution in [3.8, 4) is 0 Å². The van der Waals surface area contributed by atoms with E-state index in [-0.39, 0.29) is 10.8 Å². The third-order valence-electron chi connectivity index (χ3n) is 8.07. The lowest BCUT2D eigenvalue weighted by molar-refractivity contribution is -0.115. The Hall–Kier alpha value is 0.580. The van der Waals surface area contributed by atoms with Crippen molar-refractivity contribution in [3.63, 3.8) is 0 Å². The van der Waals surface area contributed by atoms with E-state index in [4.69, 9.17) is 23.2 Å². The average Bonchev–Trinajstić information content (AvgIpc) is 2.60. The second-order valence-electron chi connectivity index (χ2n) is 9.48. The molecule has 3 rings (SSSR count). The fraction of sp³-hybridized carbons (Fsp3) is 1.00. The minimum atomic E-state index is -0.439. The molecule has 0 aromatic rings. The predicted molar refractivity (Wildman–Crippen MR) is 107 cm³/mol. The quantitative estimate of drug-likeness (QED) is 0.411. The third kappa shape index (κ3) is 3.28. The topological polar surface area (TPSA) is 0 Å². The molecule has 140 valence electrons. The van der Waals surface area contributed by atoms with E-state index >= 15 is 0 Å². The van der Waals surface area contributed by atoms with Crippen LogP contribution in [0.1, 0.15) is 110 Å². The highest BCUT2D eigenvalue weighted by Crippen LogP contribution is 2.76. The van der Waals surface area contributed by atoms with Gasteiger partial charge in [0.1, 0.15) is 4.33 Å². The molecule has 3 aliphatic carbocycles. The summed E-state index contributed by atoms with van der Waals surface area (Å²) in [5.74, 6) is 1.89. The van der Waals surface area contributed by atoms with Crippen LogP contribution in [0.4, 0.5) is 0 Å². The Morgan fingerprint density at radius 1 is 0.708 bits per heavy atom. The van der Waals surface area contributed by atoms with Crippen LogP contribution in [0.2, 0.25) is 0 Å². The lowest BCUT2D eigenvalue weighted by atomic mass is 9.43. The molecule has 0 N–H and O–H groups in total. The fourth-order valence-corrected chi connectivity index (χ4v) is 7.35. The van der Waals surface area contributed by atoms with E-state index in [1.807, 2.05) is 0 Å². The minimum absolute atomic E-state index is 0.259. The Morgan fingerprint density at radius 2 is 1.08 bits per heavy atom. The van der Waals surface area contributed by atoms with Crippen molar-refractivity contribution in [2.24, 2.45) is 22.7 Å². The van der Waals surface area contributed by atoms with Crippen molar-refractivity contribution >= 4 is 23.2 Å². The van der Waals surface area contributed by atoms with Crippen LogP contribution in [0.25, 0.3) is 0 Å². The molecule has 0 aromatic carbocycles. The number of halogens is 2. The molecule has 2 spiro atoms. The Morgan fingerprint density at radius 3 is 1.38 bits per heavy atom. The summed E-state index contributed by atoms with van der Waals surface area (Å²) in [4.78, 5) is 0. The lowest BCUT2D eigenvalue weighted by Gasteiger charge is -2.69. The van der Waals surface area contributed by atoms with Crippen molar-refractivity contribution in [1.82, 2.24) is 0 Å². The van der Waals surface area contributed by atoms with Crippen molar-refractivity contribution in [2.75, 3.05) is 0 Å². The molecule has 24 heavy (non-hydrogen) atoms. The minimum Gasteiger partial charge on any atom is -0.100 e. The summed E-state index contributed by atoms with van der Waals surface area (Å²) in [5.41, 5.74) is 0.518. The van der Waals surface area contributed by atoms with Gasteiger partial charge in [0.25, 0.3) is 0 Å². The molecule has 0 unspecified atom stereocenters. The van der Waals surface area contributed by atoms with Crippen LogP contribution >= 0.6 is 23.2 Å². The second kappa shape index (κ2) is 7.67. The summed E-state index contributed by atoms with van der Waals surface area (Å²) in [6.07, 6.45) is 20.3. The molecule has 0 atom stereocenters. The van der Waals surface area contributed by atoms with Crippen LogP contribution in [0.3, 0.4) is 0 Å². The van der Waals surface area contributed by atoms with Crippen molar-refractivity contribution in [1.29, 1.82) is 0 Å². The highest BCUT2D eigenvalue weighted by molar-refractivity contribution is 6.50. The van der Waals surface area contributed by atoms with Gasteiger partial charge in [0.2, 0.25) is 0 Å². The number of alkyl halides is 2. The van der Waals surface area contributed by atoms with Crippen molar-refractivity contribution < 1.29 is 0 Å². The standard InChI is InChI=1S/C22H38Cl2/c1-3-5-7-18-9-13-20(14-10-18)17-21(22(20,23)24)15-11-19(12-16-21)8-6-4-2/h18-19H,3-17H2,1-2H3. The smallest absolute Gasteiger partial charge is 0.100 e. The van der Waals surface area contributed by atoms with E-state index in [9.17, 15) is 0 Å². The third-order valence-corrected chi connectivity index (χ3v) is 9.67. The Bertz CT molecular complexity index is 362. The summed E-state index contributed by atoms with van der Waals surface area (Å²) >= 11 is 14.3. The summed E-state index contributed by atoms with van der Waals surface area (Å²) in [6.45, 7) is 4.61. The molecular weight excluding hydrogens is 335 g/mol. The van der Waals surface area contributed by atoms with Gasteiger partial charge in [0.15, 0.2) is 0 Å². The van der Waals surface area contributed by atoms with Crippen LogP contribution in [0.15, 0.2) is 0 Å². The average molecular weight is 373 g/mol. The first-order valence-corrected chi connectivity index (χ1v) is 11.6. The van der Waals surface area contributed by atoms with Gasteiger partial charge < -0.3 is 0 Å². The Labute approximate surface area is 160 Å². The molecule has 0 nitrogen and oxygen atoms in total. The van der Waals surface area contributed by atoms with Gasteiger partial charge in [-0.3, -0.25) is 0 Å². The number of unbranched alkanes of at least 4 members (excludes halogenated alkanes) is 2.